The zero-order valence-corrected chi connectivity index (χ0v) is 14.0. The van der Waals surface area contributed by atoms with Crippen LogP contribution in [0.2, 0.25) is 5.02 Å². The Labute approximate surface area is 139 Å². The molecule has 0 atom stereocenters. The Kier molecular flexibility index (Phi) is 4.11. The zero-order valence-electron chi connectivity index (χ0n) is 12.4. The Bertz CT molecular complexity index is 666. The number of benzene rings is 1. The Morgan fingerprint density at radius 2 is 2.00 bits per heavy atom. The van der Waals surface area contributed by atoms with Gasteiger partial charge in [0.1, 0.15) is 0 Å². The summed E-state index contributed by atoms with van der Waals surface area (Å²) in [5, 5.41) is 10.5. The molecule has 1 aromatic carbocycles. The summed E-state index contributed by atoms with van der Waals surface area (Å²) < 4.78 is 2.23. The number of hydrogen-bond donors (Lipinski definition) is 0. The average molecular weight is 335 g/mol. The van der Waals surface area contributed by atoms with E-state index in [1.807, 2.05) is 24.3 Å². The minimum absolute atomic E-state index is 0.712. The summed E-state index contributed by atoms with van der Waals surface area (Å²) in [4.78, 5) is 2.58. The number of fused-ring (bicyclic) bond motifs is 1. The van der Waals surface area contributed by atoms with Crippen LogP contribution in [0.1, 0.15) is 32.1 Å². The fourth-order valence-electron chi connectivity index (χ4n) is 3.39. The predicted octanol–water partition coefficient (Wildman–Crippen LogP) is 4.25. The van der Waals surface area contributed by atoms with Gasteiger partial charge in [-0.3, -0.25) is 9.47 Å². The highest BCUT2D eigenvalue weighted by molar-refractivity contribution is 7.99. The van der Waals surface area contributed by atoms with Crippen LogP contribution in [0, 0.1) is 0 Å². The molecule has 6 heteroatoms. The van der Waals surface area contributed by atoms with Crippen molar-refractivity contribution in [1.29, 1.82) is 0 Å². The van der Waals surface area contributed by atoms with Crippen LogP contribution in [0.15, 0.2) is 29.4 Å². The molecule has 2 aliphatic rings. The monoisotopic (exact) mass is 334 g/mol. The van der Waals surface area contributed by atoms with Gasteiger partial charge in [0.2, 0.25) is 0 Å². The van der Waals surface area contributed by atoms with Crippen molar-refractivity contribution >= 4 is 23.4 Å². The second-order valence-electron chi connectivity index (χ2n) is 6.04. The summed E-state index contributed by atoms with van der Waals surface area (Å²) in [7, 11) is 0. The molecule has 1 aliphatic carbocycles. The standard InChI is InChI=1S/C16H19ClN4S/c17-13-6-4-5-12(9-13)15-18-19-16-21(15)10-20(11-22-16)14-7-2-1-3-8-14/h4-6,9,14H,1-3,7-8,10-11H2. The first-order chi connectivity index (χ1) is 10.8. The Morgan fingerprint density at radius 3 is 2.82 bits per heavy atom. The van der Waals surface area contributed by atoms with Gasteiger partial charge < -0.3 is 0 Å². The van der Waals surface area contributed by atoms with Crippen LogP contribution < -0.4 is 0 Å². The average Bonchev–Trinajstić information content (AvgIpc) is 2.99. The van der Waals surface area contributed by atoms with Gasteiger partial charge in [0.25, 0.3) is 0 Å². The molecule has 0 saturated heterocycles. The molecule has 1 aliphatic heterocycles. The third-order valence-electron chi connectivity index (χ3n) is 4.57. The largest absolute Gasteiger partial charge is 0.288 e. The first kappa shape index (κ1) is 14.5. The van der Waals surface area contributed by atoms with Gasteiger partial charge in [-0.2, -0.15) is 0 Å². The lowest BCUT2D eigenvalue weighted by Crippen LogP contribution is -2.40. The highest BCUT2D eigenvalue weighted by Crippen LogP contribution is 2.33. The Balaban J connectivity index is 1.62. The summed E-state index contributed by atoms with van der Waals surface area (Å²) in [6.45, 7) is 0.891. The van der Waals surface area contributed by atoms with E-state index in [0.29, 0.717) is 6.04 Å². The van der Waals surface area contributed by atoms with E-state index in [0.717, 1.165) is 34.1 Å². The van der Waals surface area contributed by atoms with Crippen LogP contribution in [-0.4, -0.2) is 31.6 Å². The van der Waals surface area contributed by atoms with E-state index < -0.39 is 0 Å². The molecule has 0 N–H and O–H groups in total. The molecule has 2 aromatic rings. The molecular weight excluding hydrogens is 316 g/mol. The van der Waals surface area contributed by atoms with Crippen molar-refractivity contribution in [2.75, 3.05) is 5.88 Å². The van der Waals surface area contributed by atoms with Crippen LogP contribution in [0.4, 0.5) is 0 Å². The lowest BCUT2D eigenvalue weighted by Gasteiger charge is -2.36. The van der Waals surface area contributed by atoms with Gasteiger partial charge in [-0.15, -0.1) is 10.2 Å². The van der Waals surface area contributed by atoms with Crippen molar-refractivity contribution in [2.24, 2.45) is 0 Å². The van der Waals surface area contributed by atoms with Gasteiger partial charge in [-0.25, -0.2) is 0 Å². The Hall–Kier alpha value is -1.04. The molecule has 22 heavy (non-hydrogen) atoms. The number of nitrogens with zero attached hydrogens (tertiary/aromatic N) is 4. The maximum Gasteiger partial charge on any atom is 0.193 e. The van der Waals surface area contributed by atoms with Crippen LogP contribution in [0.3, 0.4) is 0 Å². The lowest BCUT2D eigenvalue weighted by atomic mass is 9.95. The third-order valence-corrected chi connectivity index (χ3v) is 5.83. The summed E-state index contributed by atoms with van der Waals surface area (Å²) in [6, 6.07) is 8.58. The smallest absolute Gasteiger partial charge is 0.193 e. The predicted molar refractivity (Wildman–Crippen MR) is 89.9 cm³/mol. The molecule has 1 aromatic heterocycles. The SMILES string of the molecule is Clc1cccc(-c2nnc3n2CN(C2CCCCC2)CS3)c1. The normalized spacial score (nSPS) is 20.0. The van der Waals surface area contributed by atoms with Gasteiger partial charge >= 0.3 is 0 Å². The molecule has 116 valence electrons. The highest BCUT2D eigenvalue weighted by Gasteiger charge is 2.28. The minimum atomic E-state index is 0.712. The molecule has 4 rings (SSSR count). The summed E-state index contributed by atoms with van der Waals surface area (Å²) in [6.07, 6.45) is 6.77. The van der Waals surface area contributed by atoms with E-state index in [1.54, 1.807) is 11.8 Å². The fourth-order valence-corrected chi connectivity index (χ4v) is 4.56. The zero-order chi connectivity index (χ0) is 14.9. The summed E-state index contributed by atoms with van der Waals surface area (Å²) in [5.41, 5.74) is 1.04. The molecule has 0 amide bonds. The molecule has 0 spiro atoms. The third kappa shape index (κ3) is 2.77. The molecule has 0 bridgehead atoms. The second kappa shape index (κ2) is 6.22. The molecule has 2 heterocycles. The van der Waals surface area contributed by atoms with Crippen LogP contribution in [0.25, 0.3) is 11.4 Å². The molecule has 4 nitrogen and oxygen atoms in total. The molecule has 1 fully saturated rings. The molecular formula is C16H19ClN4S. The van der Waals surface area contributed by atoms with Gasteiger partial charge in [0.05, 0.1) is 12.5 Å². The van der Waals surface area contributed by atoms with Crippen LogP contribution in [-0.2, 0) is 6.67 Å². The number of thioether (sulfide) groups is 1. The molecule has 0 radical (unpaired) electrons. The Morgan fingerprint density at radius 1 is 1.14 bits per heavy atom. The van der Waals surface area contributed by atoms with Crippen molar-refractivity contribution in [3.63, 3.8) is 0 Å². The van der Waals surface area contributed by atoms with Crippen LogP contribution >= 0.6 is 23.4 Å². The van der Waals surface area contributed by atoms with Crippen molar-refractivity contribution in [1.82, 2.24) is 19.7 Å². The second-order valence-corrected chi connectivity index (χ2v) is 7.39. The van der Waals surface area contributed by atoms with Gasteiger partial charge in [0, 0.05) is 16.6 Å². The highest BCUT2D eigenvalue weighted by atomic mass is 35.5. The lowest BCUT2D eigenvalue weighted by molar-refractivity contribution is 0.135. The van der Waals surface area contributed by atoms with Gasteiger partial charge in [-0.1, -0.05) is 54.8 Å². The first-order valence-electron chi connectivity index (χ1n) is 7.87. The summed E-state index contributed by atoms with van der Waals surface area (Å²) in [5.74, 6) is 1.95. The maximum absolute atomic E-state index is 6.12. The van der Waals surface area contributed by atoms with Crippen molar-refractivity contribution in [2.45, 2.75) is 50.0 Å². The van der Waals surface area contributed by atoms with E-state index in [2.05, 4.69) is 19.7 Å². The maximum atomic E-state index is 6.12. The van der Waals surface area contributed by atoms with E-state index in [9.17, 15) is 0 Å². The summed E-state index contributed by atoms with van der Waals surface area (Å²) >= 11 is 7.91. The van der Waals surface area contributed by atoms with E-state index >= 15 is 0 Å². The number of rotatable bonds is 2. The first-order valence-corrected chi connectivity index (χ1v) is 9.23. The van der Waals surface area contributed by atoms with E-state index in [4.69, 9.17) is 11.6 Å². The number of hydrogen-bond acceptors (Lipinski definition) is 4. The number of aromatic nitrogens is 3. The fraction of sp³-hybridized carbons (Fsp3) is 0.500. The minimum Gasteiger partial charge on any atom is -0.288 e. The van der Waals surface area contributed by atoms with E-state index in [-0.39, 0.29) is 0 Å². The van der Waals surface area contributed by atoms with Crippen molar-refractivity contribution < 1.29 is 0 Å². The quantitative estimate of drug-likeness (QED) is 0.822. The number of halogens is 1. The van der Waals surface area contributed by atoms with Crippen molar-refractivity contribution in [3.8, 4) is 11.4 Å². The topological polar surface area (TPSA) is 34.0 Å². The van der Waals surface area contributed by atoms with Crippen LogP contribution in [0.5, 0.6) is 0 Å². The van der Waals surface area contributed by atoms with Gasteiger partial charge in [-0.05, 0) is 25.0 Å². The van der Waals surface area contributed by atoms with Crippen molar-refractivity contribution in [3.05, 3.63) is 29.3 Å². The molecule has 1 saturated carbocycles. The van der Waals surface area contributed by atoms with Gasteiger partial charge in [0.15, 0.2) is 11.0 Å². The van der Waals surface area contributed by atoms with E-state index in [1.165, 1.54) is 32.1 Å². The molecule has 0 unspecified atom stereocenters.